The number of halogens is 1. The first-order chi connectivity index (χ1) is 6.35. The van der Waals surface area contributed by atoms with Gasteiger partial charge in [0.2, 0.25) is 5.88 Å². The van der Waals surface area contributed by atoms with E-state index in [0.717, 1.165) is 21.6 Å². The van der Waals surface area contributed by atoms with Crippen LogP contribution in [0.3, 0.4) is 0 Å². The van der Waals surface area contributed by atoms with Crippen LogP contribution in [-0.4, -0.2) is 21.7 Å². The fourth-order valence-corrected chi connectivity index (χ4v) is 1.60. The molecule has 0 saturated carbocycles. The maximum Gasteiger partial charge on any atom is 0.231 e. The SMILES string of the molecule is COc1ccc2ncc(SCl)n2n1. The van der Waals surface area contributed by atoms with Gasteiger partial charge in [-0.2, -0.15) is 0 Å². The lowest BCUT2D eigenvalue weighted by Gasteiger charge is -1.99. The lowest BCUT2D eigenvalue weighted by atomic mass is 10.5. The van der Waals surface area contributed by atoms with Gasteiger partial charge in [0.1, 0.15) is 5.03 Å². The molecule has 4 nitrogen and oxygen atoms in total. The zero-order valence-corrected chi connectivity index (χ0v) is 8.34. The molecule has 0 aliphatic rings. The summed E-state index contributed by atoms with van der Waals surface area (Å²) in [7, 11) is 8.26. The van der Waals surface area contributed by atoms with Gasteiger partial charge in [0, 0.05) is 17.0 Å². The minimum atomic E-state index is 0.539. The first kappa shape index (κ1) is 8.65. The van der Waals surface area contributed by atoms with Crippen molar-refractivity contribution in [3.8, 4) is 5.88 Å². The van der Waals surface area contributed by atoms with Crippen molar-refractivity contribution in [1.29, 1.82) is 0 Å². The van der Waals surface area contributed by atoms with E-state index >= 15 is 0 Å². The lowest BCUT2D eigenvalue weighted by Crippen LogP contribution is -1.95. The number of rotatable bonds is 2. The molecule has 6 heteroatoms. The standard InChI is InChI=1S/C7H6ClN3OS/c1-12-6-3-2-5-9-4-7(13-8)11(5)10-6/h2-4H,1H3. The molecule has 2 heterocycles. The fraction of sp³-hybridized carbons (Fsp3) is 0.143. The van der Waals surface area contributed by atoms with Crippen molar-refractivity contribution in [2.75, 3.05) is 7.11 Å². The molecule has 2 rings (SSSR count). The third kappa shape index (κ3) is 1.45. The van der Waals surface area contributed by atoms with Gasteiger partial charge < -0.3 is 4.74 Å². The van der Waals surface area contributed by atoms with Gasteiger partial charge in [0.15, 0.2) is 5.65 Å². The number of methoxy groups -OCH3 is 1. The van der Waals surface area contributed by atoms with Gasteiger partial charge >= 0.3 is 0 Å². The Bertz CT molecular complexity index is 431. The first-order valence-corrected chi connectivity index (χ1v) is 5.17. The van der Waals surface area contributed by atoms with Crippen molar-refractivity contribution < 1.29 is 4.74 Å². The van der Waals surface area contributed by atoms with Gasteiger partial charge in [-0.1, -0.05) is 0 Å². The van der Waals surface area contributed by atoms with E-state index < -0.39 is 0 Å². The van der Waals surface area contributed by atoms with Crippen molar-refractivity contribution >= 4 is 27.3 Å². The van der Waals surface area contributed by atoms with E-state index in [2.05, 4.69) is 10.1 Å². The molecule has 0 aliphatic carbocycles. The molecule has 0 atom stereocenters. The van der Waals surface area contributed by atoms with E-state index in [4.69, 9.17) is 15.4 Å². The van der Waals surface area contributed by atoms with Gasteiger partial charge in [0.25, 0.3) is 0 Å². The third-order valence-electron chi connectivity index (χ3n) is 1.59. The second-order valence-corrected chi connectivity index (χ2v) is 3.35. The topological polar surface area (TPSA) is 39.4 Å². The molecule has 0 saturated heterocycles. The summed E-state index contributed by atoms with van der Waals surface area (Å²) in [6.45, 7) is 0. The maximum atomic E-state index is 5.62. The Kier molecular flexibility index (Phi) is 2.28. The number of hydrogen-bond acceptors (Lipinski definition) is 4. The largest absolute Gasteiger partial charge is 0.480 e. The second-order valence-electron chi connectivity index (χ2n) is 2.32. The highest BCUT2D eigenvalue weighted by atomic mass is 35.7. The Morgan fingerprint density at radius 1 is 1.54 bits per heavy atom. The molecular weight excluding hydrogens is 210 g/mol. The van der Waals surface area contributed by atoms with Crippen LogP contribution in [0.4, 0.5) is 0 Å². The average Bonchev–Trinajstić information content (AvgIpc) is 2.59. The van der Waals surface area contributed by atoms with Crippen molar-refractivity contribution in [3.05, 3.63) is 18.3 Å². The lowest BCUT2D eigenvalue weighted by molar-refractivity contribution is 0.388. The number of imidazole rings is 1. The molecular formula is C7H6ClN3OS. The van der Waals surface area contributed by atoms with Gasteiger partial charge in [-0.05, 0) is 16.7 Å². The third-order valence-corrected chi connectivity index (χ3v) is 2.51. The van der Waals surface area contributed by atoms with Gasteiger partial charge in [-0.25, -0.2) is 9.50 Å². The minimum Gasteiger partial charge on any atom is -0.480 e. The van der Waals surface area contributed by atoms with Crippen LogP contribution in [0, 0.1) is 0 Å². The maximum absolute atomic E-state index is 5.62. The molecule has 0 amide bonds. The Hall–Kier alpha value is -0.940. The molecule has 0 aliphatic heterocycles. The average molecular weight is 216 g/mol. The Balaban J connectivity index is 2.64. The minimum absolute atomic E-state index is 0.539. The molecule has 2 aromatic rings. The summed E-state index contributed by atoms with van der Waals surface area (Å²) in [5.41, 5.74) is 0.754. The predicted octanol–water partition coefficient (Wildman–Crippen LogP) is 1.98. The van der Waals surface area contributed by atoms with Crippen molar-refractivity contribution in [2.24, 2.45) is 0 Å². The summed E-state index contributed by atoms with van der Waals surface area (Å²) < 4.78 is 6.61. The summed E-state index contributed by atoms with van der Waals surface area (Å²) in [4.78, 5) is 4.10. The molecule has 0 radical (unpaired) electrons. The van der Waals surface area contributed by atoms with Gasteiger partial charge in [-0.3, -0.25) is 0 Å². The van der Waals surface area contributed by atoms with Crippen molar-refractivity contribution in [3.63, 3.8) is 0 Å². The van der Waals surface area contributed by atoms with Crippen LogP contribution in [0.15, 0.2) is 23.4 Å². The molecule has 0 aromatic carbocycles. The van der Waals surface area contributed by atoms with E-state index in [0.29, 0.717) is 5.88 Å². The zero-order chi connectivity index (χ0) is 9.26. The molecule has 0 unspecified atom stereocenters. The summed E-state index contributed by atoms with van der Waals surface area (Å²) in [5.74, 6) is 0.539. The van der Waals surface area contributed by atoms with Crippen LogP contribution in [0.25, 0.3) is 5.65 Å². The van der Waals surface area contributed by atoms with E-state index in [1.165, 1.54) is 0 Å². The fourth-order valence-electron chi connectivity index (χ4n) is 0.997. The van der Waals surface area contributed by atoms with E-state index in [9.17, 15) is 0 Å². The summed E-state index contributed by atoms with van der Waals surface area (Å²) in [6.07, 6.45) is 1.67. The van der Waals surface area contributed by atoms with Crippen LogP contribution < -0.4 is 4.74 Å². The van der Waals surface area contributed by atoms with Crippen LogP contribution in [0.1, 0.15) is 0 Å². The van der Waals surface area contributed by atoms with Crippen molar-refractivity contribution in [1.82, 2.24) is 14.6 Å². The summed E-state index contributed by atoms with van der Waals surface area (Å²) in [6, 6.07) is 3.58. The number of hydrogen-bond donors (Lipinski definition) is 0. The molecule has 0 fully saturated rings. The van der Waals surface area contributed by atoms with Crippen LogP contribution in [0.2, 0.25) is 0 Å². The number of ether oxygens (including phenoxy) is 1. The molecule has 68 valence electrons. The monoisotopic (exact) mass is 215 g/mol. The van der Waals surface area contributed by atoms with Crippen LogP contribution >= 0.6 is 21.7 Å². The number of aromatic nitrogens is 3. The second kappa shape index (κ2) is 3.43. The predicted molar refractivity (Wildman–Crippen MR) is 51.2 cm³/mol. The highest BCUT2D eigenvalue weighted by Gasteiger charge is 2.04. The Morgan fingerprint density at radius 2 is 2.38 bits per heavy atom. The molecule has 0 bridgehead atoms. The van der Waals surface area contributed by atoms with Crippen LogP contribution in [-0.2, 0) is 0 Å². The first-order valence-electron chi connectivity index (χ1n) is 3.52. The van der Waals surface area contributed by atoms with E-state index in [-0.39, 0.29) is 0 Å². The van der Waals surface area contributed by atoms with E-state index in [1.54, 1.807) is 23.9 Å². The highest BCUT2D eigenvalue weighted by molar-refractivity contribution is 8.21. The van der Waals surface area contributed by atoms with Gasteiger partial charge in [0.05, 0.1) is 13.3 Å². The molecule has 0 N–H and O–H groups in total. The summed E-state index contributed by atoms with van der Waals surface area (Å²) in [5, 5.41) is 4.92. The number of fused-ring (bicyclic) bond motifs is 1. The van der Waals surface area contributed by atoms with E-state index in [1.807, 2.05) is 6.07 Å². The Morgan fingerprint density at radius 3 is 3.08 bits per heavy atom. The molecule has 2 aromatic heterocycles. The van der Waals surface area contributed by atoms with Crippen LogP contribution in [0.5, 0.6) is 5.88 Å². The normalized spacial score (nSPS) is 10.6. The summed E-state index contributed by atoms with van der Waals surface area (Å²) >= 11 is 0. The quantitative estimate of drug-likeness (QED) is 0.768. The van der Waals surface area contributed by atoms with Crippen molar-refractivity contribution in [2.45, 2.75) is 5.03 Å². The van der Waals surface area contributed by atoms with Gasteiger partial charge in [-0.15, -0.1) is 5.10 Å². The smallest absolute Gasteiger partial charge is 0.231 e. The highest BCUT2D eigenvalue weighted by Crippen LogP contribution is 2.22. The molecule has 0 spiro atoms. The molecule has 13 heavy (non-hydrogen) atoms. The Labute approximate surface area is 83.4 Å². The number of nitrogens with zero attached hydrogens (tertiary/aromatic N) is 3. The zero-order valence-electron chi connectivity index (χ0n) is 6.77.